The van der Waals surface area contributed by atoms with Gasteiger partial charge in [0.25, 0.3) is 11.8 Å². The molecule has 28 heavy (non-hydrogen) atoms. The number of amides is 2. The van der Waals surface area contributed by atoms with Gasteiger partial charge >= 0.3 is 0 Å². The lowest BCUT2D eigenvalue weighted by Crippen LogP contribution is -2.43. The molecule has 0 saturated carbocycles. The van der Waals surface area contributed by atoms with Gasteiger partial charge in [0.05, 0.1) is 26.4 Å². The number of rotatable bonds is 7. The van der Waals surface area contributed by atoms with Crippen molar-refractivity contribution in [1.29, 1.82) is 0 Å². The van der Waals surface area contributed by atoms with Crippen molar-refractivity contribution >= 4 is 35.0 Å². The normalized spacial score (nSPS) is 10.0. The molecule has 0 aromatic heterocycles. The van der Waals surface area contributed by atoms with E-state index in [2.05, 4.69) is 10.9 Å². The maximum atomic E-state index is 12.3. The second kappa shape index (κ2) is 9.91. The van der Waals surface area contributed by atoms with Crippen molar-refractivity contribution < 1.29 is 28.5 Å². The zero-order chi connectivity index (χ0) is 20.7. The van der Waals surface area contributed by atoms with Gasteiger partial charge in [0, 0.05) is 10.6 Å². The molecule has 2 rings (SSSR count). The standard InChI is InChI=1S/C18H18Cl2N2O6/c1-25-14-6-10(7-15(26-2)17(14)27-3)18(24)22-21-16(23)9-28-13-5-4-11(19)8-12(13)20/h4-8H,9H2,1-3H3,(H,21,23)(H,22,24). The summed E-state index contributed by atoms with van der Waals surface area (Å²) < 4.78 is 20.9. The number of carbonyl (C=O) groups is 2. The van der Waals surface area contributed by atoms with Gasteiger partial charge in [-0.3, -0.25) is 20.4 Å². The summed E-state index contributed by atoms with van der Waals surface area (Å²) in [6.45, 7) is -0.364. The molecule has 10 heteroatoms. The number of hydrogen-bond donors (Lipinski definition) is 2. The molecule has 0 aliphatic carbocycles. The summed E-state index contributed by atoms with van der Waals surface area (Å²) in [6, 6.07) is 7.50. The van der Waals surface area contributed by atoms with E-state index in [9.17, 15) is 9.59 Å². The second-order valence-electron chi connectivity index (χ2n) is 5.28. The van der Waals surface area contributed by atoms with Crippen LogP contribution in [0.4, 0.5) is 0 Å². The number of hydrogen-bond acceptors (Lipinski definition) is 6. The molecule has 0 aliphatic heterocycles. The van der Waals surface area contributed by atoms with Crippen molar-refractivity contribution in [1.82, 2.24) is 10.9 Å². The Morgan fingerprint density at radius 1 is 0.893 bits per heavy atom. The van der Waals surface area contributed by atoms with Crippen molar-refractivity contribution in [2.45, 2.75) is 0 Å². The van der Waals surface area contributed by atoms with Crippen molar-refractivity contribution in [2.75, 3.05) is 27.9 Å². The molecule has 0 fully saturated rings. The highest BCUT2D eigenvalue weighted by Crippen LogP contribution is 2.38. The van der Waals surface area contributed by atoms with Gasteiger partial charge in [-0.25, -0.2) is 0 Å². The van der Waals surface area contributed by atoms with Gasteiger partial charge in [-0.1, -0.05) is 23.2 Å². The van der Waals surface area contributed by atoms with Crippen LogP contribution in [-0.4, -0.2) is 39.8 Å². The van der Waals surface area contributed by atoms with Crippen molar-refractivity contribution in [3.8, 4) is 23.0 Å². The first-order valence-electron chi connectivity index (χ1n) is 7.86. The largest absolute Gasteiger partial charge is 0.493 e. The number of halogens is 2. The van der Waals surface area contributed by atoms with Gasteiger partial charge in [0.15, 0.2) is 18.1 Å². The summed E-state index contributed by atoms with van der Waals surface area (Å²) in [7, 11) is 4.31. The van der Waals surface area contributed by atoms with Crippen LogP contribution in [0.25, 0.3) is 0 Å². The van der Waals surface area contributed by atoms with Crippen molar-refractivity contribution in [3.05, 3.63) is 45.9 Å². The number of benzene rings is 2. The summed E-state index contributed by atoms with van der Waals surface area (Å²) in [5, 5.41) is 0.709. The van der Waals surface area contributed by atoms with E-state index in [0.29, 0.717) is 22.3 Å². The van der Waals surface area contributed by atoms with E-state index in [4.69, 9.17) is 42.1 Å². The zero-order valence-corrected chi connectivity index (χ0v) is 16.8. The Balaban J connectivity index is 1.96. The van der Waals surface area contributed by atoms with Crippen LogP contribution >= 0.6 is 23.2 Å². The van der Waals surface area contributed by atoms with Crippen molar-refractivity contribution in [2.24, 2.45) is 0 Å². The van der Waals surface area contributed by atoms with E-state index in [1.54, 1.807) is 6.07 Å². The minimum atomic E-state index is -0.591. The molecule has 8 nitrogen and oxygen atoms in total. The smallest absolute Gasteiger partial charge is 0.276 e. The van der Waals surface area contributed by atoms with Crippen LogP contribution in [-0.2, 0) is 4.79 Å². The van der Waals surface area contributed by atoms with E-state index in [-0.39, 0.29) is 22.9 Å². The molecule has 0 spiro atoms. The SMILES string of the molecule is COc1cc(C(=O)NNC(=O)COc2ccc(Cl)cc2Cl)cc(OC)c1OC. The van der Waals surface area contributed by atoms with Crippen LogP contribution in [0.2, 0.25) is 10.0 Å². The molecular formula is C18H18Cl2N2O6. The fraction of sp³-hybridized carbons (Fsp3) is 0.222. The third kappa shape index (κ3) is 5.34. The maximum Gasteiger partial charge on any atom is 0.276 e. The fourth-order valence-electron chi connectivity index (χ4n) is 2.18. The van der Waals surface area contributed by atoms with Gasteiger partial charge in [-0.15, -0.1) is 0 Å². The van der Waals surface area contributed by atoms with Crippen LogP contribution in [0.5, 0.6) is 23.0 Å². The average Bonchev–Trinajstić information content (AvgIpc) is 2.69. The number of hydrazine groups is 1. The summed E-state index contributed by atoms with van der Waals surface area (Å²) in [5.41, 5.74) is 4.71. The van der Waals surface area contributed by atoms with E-state index >= 15 is 0 Å². The monoisotopic (exact) mass is 428 g/mol. The molecule has 2 aromatic rings. The fourth-order valence-corrected chi connectivity index (χ4v) is 2.65. The second-order valence-corrected chi connectivity index (χ2v) is 6.12. The van der Waals surface area contributed by atoms with Crippen LogP contribution in [0.3, 0.4) is 0 Å². The lowest BCUT2D eigenvalue weighted by atomic mass is 10.1. The van der Waals surface area contributed by atoms with Crippen LogP contribution in [0, 0.1) is 0 Å². The highest BCUT2D eigenvalue weighted by molar-refractivity contribution is 6.35. The first-order valence-corrected chi connectivity index (χ1v) is 8.62. The van der Waals surface area contributed by atoms with Gasteiger partial charge in [-0.2, -0.15) is 0 Å². The molecule has 2 aromatic carbocycles. The molecule has 0 saturated heterocycles. The first kappa shape index (κ1) is 21.5. The van der Waals surface area contributed by atoms with Crippen LogP contribution in [0.1, 0.15) is 10.4 Å². The lowest BCUT2D eigenvalue weighted by molar-refractivity contribution is -0.123. The van der Waals surface area contributed by atoms with E-state index < -0.39 is 11.8 Å². The van der Waals surface area contributed by atoms with Gasteiger partial charge in [0.2, 0.25) is 5.75 Å². The highest BCUT2D eigenvalue weighted by Gasteiger charge is 2.17. The molecule has 0 aliphatic rings. The van der Waals surface area contributed by atoms with Crippen LogP contribution < -0.4 is 29.8 Å². The Kier molecular flexibility index (Phi) is 7.60. The van der Waals surface area contributed by atoms with Crippen LogP contribution in [0.15, 0.2) is 30.3 Å². The Bertz CT molecular complexity index is 850. The highest BCUT2D eigenvalue weighted by atomic mass is 35.5. The molecule has 150 valence electrons. The molecule has 2 amide bonds. The quantitative estimate of drug-likeness (QED) is 0.658. The zero-order valence-electron chi connectivity index (χ0n) is 15.3. The van der Waals surface area contributed by atoms with E-state index in [1.165, 1.54) is 45.6 Å². The minimum absolute atomic E-state index is 0.191. The molecule has 0 atom stereocenters. The summed E-state index contributed by atoms with van der Waals surface area (Å²) in [5.74, 6) is 0.0676. The Labute approximate surface area is 171 Å². The lowest BCUT2D eigenvalue weighted by Gasteiger charge is -2.14. The summed E-state index contributed by atoms with van der Waals surface area (Å²) >= 11 is 11.7. The maximum absolute atomic E-state index is 12.3. The number of ether oxygens (including phenoxy) is 4. The van der Waals surface area contributed by atoms with E-state index in [0.717, 1.165) is 0 Å². The first-order chi connectivity index (χ1) is 13.4. The minimum Gasteiger partial charge on any atom is -0.493 e. The molecule has 0 unspecified atom stereocenters. The topological polar surface area (TPSA) is 95.1 Å². The molecule has 0 bridgehead atoms. The van der Waals surface area contributed by atoms with Gasteiger partial charge < -0.3 is 18.9 Å². The summed E-state index contributed by atoms with van der Waals surface area (Å²) in [6.07, 6.45) is 0. The van der Waals surface area contributed by atoms with Gasteiger partial charge in [0.1, 0.15) is 5.75 Å². The van der Waals surface area contributed by atoms with E-state index in [1.807, 2.05) is 0 Å². The number of methoxy groups -OCH3 is 3. The third-order valence-corrected chi connectivity index (χ3v) is 4.03. The third-order valence-electron chi connectivity index (χ3n) is 3.50. The molecule has 0 heterocycles. The molecular weight excluding hydrogens is 411 g/mol. The number of carbonyl (C=O) groups excluding carboxylic acids is 2. The molecule has 0 radical (unpaired) electrons. The van der Waals surface area contributed by atoms with Gasteiger partial charge in [-0.05, 0) is 30.3 Å². The van der Waals surface area contributed by atoms with Crippen molar-refractivity contribution in [3.63, 3.8) is 0 Å². The Morgan fingerprint density at radius 3 is 2.07 bits per heavy atom. The predicted molar refractivity (Wildman–Crippen MR) is 104 cm³/mol. The number of nitrogens with one attached hydrogen (secondary N) is 2. The Hall–Kier alpha value is -2.84. The average molecular weight is 429 g/mol. The summed E-state index contributed by atoms with van der Waals surface area (Å²) in [4.78, 5) is 24.2. The predicted octanol–water partition coefficient (Wildman–Crippen LogP) is 2.86. The molecule has 2 N–H and O–H groups in total. The Morgan fingerprint density at radius 2 is 1.54 bits per heavy atom.